The summed E-state index contributed by atoms with van der Waals surface area (Å²) in [6.45, 7) is 11.7. The molecule has 3 heterocycles. The fraction of sp³-hybridized carbons (Fsp3) is 0.600. The summed E-state index contributed by atoms with van der Waals surface area (Å²) in [5.74, 6) is 3.76. The Kier molecular flexibility index (Phi) is 13.8. The van der Waals surface area contributed by atoms with Gasteiger partial charge in [-0.15, -0.1) is 11.3 Å². The maximum atomic E-state index is 13.3. The van der Waals surface area contributed by atoms with Gasteiger partial charge in [-0.25, -0.2) is 9.97 Å². The van der Waals surface area contributed by atoms with E-state index in [4.69, 9.17) is 9.97 Å². The van der Waals surface area contributed by atoms with Crippen molar-refractivity contribution in [1.29, 1.82) is 0 Å². The van der Waals surface area contributed by atoms with Crippen LogP contribution in [0, 0.1) is 17.8 Å². The molecule has 1 aromatic carbocycles. The summed E-state index contributed by atoms with van der Waals surface area (Å²) in [6, 6.07) is 11.1. The average molecular weight is 719 g/mol. The molecule has 1 saturated carbocycles. The standard InChI is InChI=1S/C40H58N6O2S2/c1-7-8-28-9-13-30(14-10-28)31-19-21-46(22-20-31)33-26-41-37(42-27-33)32-15-11-29(12-16-32)25-34(38(47)44-49-24-23-45(5)6)43-39(48)35-17-18-36(50-35)40(2,3)4/h11-12,15-18,26-28,30-31,34H,7-10,13-14,19-25H2,1-6H3,(H,43,48)(H,44,47). The van der Waals surface area contributed by atoms with Gasteiger partial charge >= 0.3 is 0 Å². The lowest BCUT2D eigenvalue weighted by Gasteiger charge is -2.39. The first kappa shape index (κ1) is 38.3. The Morgan fingerprint density at radius 1 is 0.960 bits per heavy atom. The molecule has 50 heavy (non-hydrogen) atoms. The molecule has 0 bridgehead atoms. The molecule has 1 unspecified atom stereocenters. The highest BCUT2D eigenvalue weighted by Gasteiger charge is 2.30. The van der Waals surface area contributed by atoms with Crippen LogP contribution < -0.4 is 14.9 Å². The minimum Gasteiger partial charge on any atom is -0.369 e. The van der Waals surface area contributed by atoms with E-state index in [-0.39, 0.29) is 17.2 Å². The van der Waals surface area contributed by atoms with Crippen molar-refractivity contribution in [3.8, 4) is 11.4 Å². The van der Waals surface area contributed by atoms with Gasteiger partial charge in [0.2, 0.25) is 0 Å². The third kappa shape index (κ3) is 10.8. The maximum Gasteiger partial charge on any atom is 0.262 e. The first-order valence-corrected chi connectivity index (χ1v) is 20.4. The van der Waals surface area contributed by atoms with Gasteiger partial charge in [-0.05, 0) is 92.6 Å². The van der Waals surface area contributed by atoms with Gasteiger partial charge in [0.1, 0.15) is 6.04 Å². The van der Waals surface area contributed by atoms with E-state index in [0.717, 1.165) is 64.8 Å². The molecule has 5 rings (SSSR count). The van der Waals surface area contributed by atoms with Crippen LogP contribution >= 0.6 is 23.3 Å². The molecule has 1 aliphatic heterocycles. The SMILES string of the molecule is CCCC1CCC(C2CCN(c3cnc(-c4ccc(CC(NC(=O)c5ccc(C(C)(C)C)s5)C(=O)NSCCN(C)C)cc4)nc3)CC2)CC1. The Morgan fingerprint density at radius 2 is 1.62 bits per heavy atom. The molecule has 2 aromatic heterocycles. The molecule has 272 valence electrons. The van der Waals surface area contributed by atoms with Crippen LogP contribution in [-0.4, -0.2) is 72.2 Å². The number of carbonyl (C=O) groups excluding carboxylic acids is 2. The third-order valence-corrected chi connectivity index (χ3v) is 12.7. The number of nitrogens with one attached hydrogen (secondary N) is 2. The maximum absolute atomic E-state index is 13.3. The van der Waals surface area contributed by atoms with Crippen LogP contribution in [0.5, 0.6) is 0 Å². The summed E-state index contributed by atoms with van der Waals surface area (Å²) in [5.41, 5.74) is 2.94. The average Bonchev–Trinajstić information content (AvgIpc) is 3.63. The zero-order valence-electron chi connectivity index (χ0n) is 31.0. The van der Waals surface area contributed by atoms with Crippen LogP contribution in [0.2, 0.25) is 0 Å². The molecular formula is C40H58N6O2S2. The van der Waals surface area contributed by atoms with E-state index < -0.39 is 6.04 Å². The molecule has 10 heteroatoms. The molecule has 3 aromatic rings. The molecule has 0 spiro atoms. The molecule has 8 nitrogen and oxygen atoms in total. The predicted molar refractivity (Wildman–Crippen MR) is 210 cm³/mol. The van der Waals surface area contributed by atoms with Gasteiger partial charge in [-0.2, -0.15) is 0 Å². The number of hydrogen-bond donors (Lipinski definition) is 2. The zero-order chi connectivity index (χ0) is 35.7. The van der Waals surface area contributed by atoms with Crippen LogP contribution in [0.1, 0.15) is 99.2 Å². The van der Waals surface area contributed by atoms with E-state index in [1.54, 1.807) is 0 Å². The van der Waals surface area contributed by atoms with Crippen molar-refractivity contribution in [1.82, 2.24) is 24.9 Å². The highest BCUT2D eigenvalue weighted by molar-refractivity contribution is 7.97. The smallest absolute Gasteiger partial charge is 0.262 e. The number of benzene rings is 1. The highest BCUT2D eigenvalue weighted by Crippen LogP contribution is 2.39. The van der Waals surface area contributed by atoms with Crippen LogP contribution in [0.4, 0.5) is 5.69 Å². The summed E-state index contributed by atoms with van der Waals surface area (Å²) in [4.78, 5) is 42.4. The van der Waals surface area contributed by atoms with Gasteiger partial charge in [0.15, 0.2) is 5.82 Å². The number of aromatic nitrogens is 2. The quantitative estimate of drug-likeness (QED) is 0.129. The van der Waals surface area contributed by atoms with Crippen molar-refractivity contribution in [2.24, 2.45) is 17.8 Å². The summed E-state index contributed by atoms with van der Waals surface area (Å²) in [5, 5.41) is 3.01. The number of thiophene rings is 1. The molecule has 2 fully saturated rings. The van der Waals surface area contributed by atoms with Gasteiger partial charge in [-0.3, -0.25) is 14.3 Å². The molecule has 2 amide bonds. The van der Waals surface area contributed by atoms with E-state index in [0.29, 0.717) is 17.1 Å². The van der Waals surface area contributed by atoms with Crippen LogP contribution in [0.3, 0.4) is 0 Å². The number of carbonyl (C=O) groups is 2. The Bertz CT molecular complexity index is 1500. The summed E-state index contributed by atoms with van der Waals surface area (Å²) < 4.78 is 2.95. The molecule has 1 aliphatic carbocycles. The largest absolute Gasteiger partial charge is 0.369 e. The Hall–Kier alpha value is -2.95. The van der Waals surface area contributed by atoms with Gasteiger partial charge in [-0.1, -0.05) is 77.6 Å². The first-order chi connectivity index (χ1) is 24.0. The lowest BCUT2D eigenvalue weighted by atomic mass is 9.72. The van der Waals surface area contributed by atoms with E-state index in [1.165, 1.54) is 74.7 Å². The minimum atomic E-state index is -0.712. The van der Waals surface area contributed by atoms with E-state index in [9.17, 15) is 9.59 Å². The zero-order valence-corrected chi connectivity index (χ0v) is 32.7. The predicted octanol–water partition coefficient (Wildman–Crippen LogP) is 7.99. The van der Waals surface area contributed by atoms with Crippen molar-refractivity contribution >= 4 is 40.8 Å². The second kappa shape index (κ2) is 18.0. The molecule has 0 radical (unpaired) electrons. The Balaban J connectivity index is 1.17. The third-order valence-electron chi connectivity index (χ3n) is 10.5. The van der Waals surface area contributed by atoms with E-state index >= 15 is 0 Å². The van der Waals surface area contributed by atoms with Crippen LogP contribution in [-0.2, 0) is 16.6 Å². The number of nitrogens with zero attached hydrogens (tertiary/aromatic N) is 4. The molecule has 1 atom stereocenters. The van der Waals surface area contributed by atoms with Crippen LogP contribution in [0.15, 0.2) is 48.8 Å². The minimum absolute atomic E-state index is 0.0430. The lowest BCUT2D eigenvalue weighted by molar-refractivity contribution is -0.121. The van der Waals surface area contributed by atoms with Crippen molar-refractivity contribution in [3.05, 3.63) is 64.1 Å². The number of rotatable bonds is 14. The fourth-order valence-electron chi connectivity index (χ4n) is 7.37. The summed E-state index contributed by atoms with van der Waals surface area (Å²) >= 11 is 2.85. The van der Waals surface area contributed by atoms with Crippen molar-refractivity contribution in [2.75, 3.05) is 44.4 Å². The monoisotopic (exact) mass is 718 g/mol. The van der Waals surface area contributed by atoms with Gasteiger partial charge in [0, 0.05) is 42.2 Å². The number of amides is 2. The number of anilines is 1. The highest BCUT2D eigenvalue weighted by atomic mass is 32.2. The Labute approximate surface area is 308 Å². The molecular weight excluding hydrogens is 661 g/mol. The second-order valence-corrected chi connectivity index (χ2v) is 17.6. The lowest BCUT2D eigenvalue weighted by Crippen LogP contribution is -2.46. The van der Waals surface area contributed by atoms with E-state index in [1.807, 2.05) is 62.9 Å². The van der Waals surface area contributed by atoms with Crippen molar-refractivity contribution < 1.29 is 9.59 Å². The number of piperidine rings is 1. The van der Waals surface area contributed by atoms with Crippen molar-refractivity contribution in [2.45, 2.75) is 96.9 Å². The summed E-state index contributed by atoms with van der Waals surface area (Å²) in [7, 11) is 4.01. The van der Waals surface area contributed by atoms with Gasteiger partial charge in [0.05, 0.1) is 23.0 Å². The normalized spacial score (nSPS) is 19.4. The van der Waals surface area contributed by atoms with Gasteiger partial charge < -0.3 is 15.1 Å². The topological polar surface area (TPSA) is 90.5 Å². The molecule has 1 saturated heterocycles. The fourth-order valence-corrected chi connectivity index (χ4v) is 9.18. The molecule has 2 N–H and O–H groups in total. The summed E-state index contributed by atoms with van der Waals surface area (Å²) in [6.07, 6.45) is 15.3. The van der Waals surface area contributed by atoms with Gasteiger partial charge in [0.25, 0.3) is 11.8 Å². The Morgan fingerprint density at radius 3 is 2.22 bits per heavy atom. The first-order valence-electron chi connectivity index (χ1n) is 18.6. The second-order valence-electron chi connectivity index (χ2n) is 15.6. The molecule has 2 aliphatic rings. The van der Waals surface area contributed by atoms with Crippen molar-refractivity contribution in [3.63, 3.8) is 0 Å². The van der Waals surface area contributed by atoms with Crippen LogP contribution in [0.25, 0.3) is 11.4 Å². The number of hydrogen-bond acceptors (Lipinski definition) is 8. The van der Waals surface area contributed by atoms with E-state index in [2.05, 4.69) is 47.5 Å².